The summed E-state index contributed by atoms with van der Waals surface area (Å²) in [5.74, 6) is 0.268. The van der Waals surface area contributed by atoms with E-state index in [1.54, 1.807) is 7.05 Å². The van der Waals surface area contributed by atoms with E-state index in [1.807, 2.05) is 13.0 Å². The Morgan fingerprint density at radius 3 is 2.30 bits per heavy atom. The van der Waals surface area contributed by atoms with E-state index in [1.165, 1.54) is 18.5 Å². The fourth-order valence-electron chi connectivity index (χ4n) is 3.87. The van der Waals surface area contributed by atoms with E-state index in [4.69, 9.17) is 0 Å². The lowest BCUT2D eigenvalue weighted by Crippen LogP contribution is -2.40. The predicted octanol–water partition coefficient (Wildman–Crippen LogP) is 2.47. The second-order valence-electron chi connectivity index (χ2n) is 7.02. The Morgan fingerprint density at radius 2 is 1.74 bits per heavy atom. The van der Waals surface area contributed by atoms with Gasteiger partial charge in [0.25, 0.3) is 5.91 Å². The third kappa shape index (κ3) is 3.28. The van der Waals surface area contributed by atoms with Gasteiger partial charge in [0.15, 0.2) is 0 Å². The second kappa shape index (κ2) is 6.38. The molecule has 2 aliphatic rings. The van der Waals surface area contributed by atoms with Crippen LogP contribution in [0, 0.1) is 19.8 Å². The topological polar surface area (TPSA) is 63.1 Å². The van der Waals surface area contributed by atoms with Gasteiger partial charge in [-0.25, -0.2) is 0 Å². The van der Waals surface area contributed by atoms with Crippen LogP contribution in [0.2, 0.25) is 0 Å². The highest BCUT2D eigenvalue weighted by Gasteiger charge is 2.30. The van der Waals surface area contributed by atoms with Gasteiger partial charge in [-0.3, -0.25) is 9.59 Å². The van der Waals surface area contributed by atoms with Crippen molar-refractivity contribution in [3.63, 3.8) is 0 Å². The van der Waals surface area contributed by atoms with Gasteiger partial charge in [0, 0.05) is 36.4 Å². The number of amides is 2. The molecule has 3 rings (SSSR count). The van der Waals surface area contributed by atoms with Crippen LogP contribution >= 0.6 is 0 Å². The summed E-state index contributed by atoms with van der Waals surface area (Å²) < 4.78 is 2.30. The van der Waals surface area contributed by atoms with Crippen molar-refractivity contribution in [3.05, 3.63) is 23.0 Å². The van der Waals surface area contributed by atoms with E-state index in [9.17, 15) is 9.59 Å². The van der Waals surface area contributed by atoms with E-state index < -0.39 is 0 Å². The van der Waals surface area contributed by atoms with Crippen molar-refractivity contribution in [3.8, 4) is 0 Å². The van der Waals surface area contributed by atoms with Crippen LogP contribution in [0.15, 0.2) is 6.07 Å². The van der Waals surface area contributed by atoms with E-state index in [2.05, 4.69) is 22.1 Å². The monoisotopic (exact) mass is 317 g/mol. The van der Waals surface area contributed by atoms with Crippen LogP contribution in [0.5, 0.6) is 0 Å². The number of hydrogen-bond acceptors (Lipinski definition) is 2. The molecule has 2 N–H and O–H groups in total. The first-order valence-corrected chi connectivity index (χ1v) is 8.72. The molecule has 23 heavy (non-hydrogen) atoms. The summed E-state index contributed by atoms with van der Waals surface area (Å²) in [6.45, 7) is 4.12. The zero-order chi connectivity index (χ0) is 16.6. The molecule has 0 saturated heterocycles. The molecule has 0 atom stereocenters. The van der Waals surface area contributed by atoms with Gasteiger partial charge >= 0.3 is 0 Å². The minimum Gasteiger partial charge on any atom is -0.359 e. The molecule has 1 heterocycles. The van der Waals surface area contributed by atoms with Crippen LogP contribution < -0.4 is 10.6 Å². The number of hydrogen-bond donors (Lipinski definition) is 2. The van der Waals surface area contributed by atoms with Crippen LogP contribution in [-0.4, -0.2) is 29.5 Å². The highest BCUT2D eigenvalue weighted by Crippen LogP contribution is 2.38. The summed E-state index contributed by atoms with van der Waals surface area (Å²) in [6, 6.07) is 2.80. The Kier molecular flexibility index (Phi) is 4.46. The lowest BCUT2D eigenvalue weighted by molar-refractivity contribution is -0.125. The van der Waals surface area contributed by atoms with Gasteiger partial charge in [-0.05, 0) is 58.4 Å². The maximum atomic E-state index is 12.6. The van der Waals surface area contributed by atoms with Crippen LogP contribution in [0.1, 0.15) is 66.3 Å². The maximum absolute atomic E-state index is 12.6. The van der Waals surface area contributed by atoms with Crippen LogP contribution in [-0.2, 0) is 4.79 Å². The first kappa shape index (κ1) is 16.1. The second-order valence-corrected chi connectivity index (χ2v) is 7.02. The van der Waals surface area contributed by atoms with Gasteiger partial charge in [-0.15, -0.1) is 0 Å². The van der Waals surface area contributed by atoms with E-state index in [0.717, 1.165) is 36.9 Å². The van der Waals surface area contributed by atoms with Gasteiger partial charge in [0.1, 0.15) is 0 Å². The van der Waals surface area contributed by atoms with Crippen molar-refractivity contribution in [2.24, 2.45) is 5.92 Å². The summed E-state index contributed by atoms with van der Waals surface area (Å²) in [6.07, 6.45) is 5.91. The zero-order valence-corrected chi connectivity index (χ0v) is 14.3. The Hall–Kier alpha value is -1.78. The molecule has 1 aromatic rings. The summed E-state index contributed by atoms with van der Waals surface area (Å²) >= 11 is 0. The van der Waals surface area contributed by atoms with Gasteiger partial charge in [-0.1, -0.05) is 0 Å². The SMILES string of the molecule is CNC(=O)C1CCC(NC(=O)c2cc(C)n(C3CC3)c2C)CC1. The number of carbonyl (C=O) groups is 2. The molecule has 2 fully saturated rings. The molecule has 0 spiro atoms. The minimum absolute atomic E-state index is 0.0355. The van der Waals surface area contributed by atoms with Crippen LogP contribution in [0.3, 0.4) is 0 Å². The van der Waals surface area contributed by atoms with Crippen LogP contribution in [0.25, 0.3) is 0 Å². The molecule has 5 nitrogen and oxygen atoms in total. The molecular formula is C18H27N3O2. The van der Waals surface area contributed by atoms with Crippen molar-refractivity contribution in [2.45, 2.75) is 64.5 Å². The number of carbonyl (C=O) groups excluding carboxylic acids is 2. The minimum atomic E-state index is 0.0355. The average Bonchev–Trinajstić information content (AvgIpc) is 3.32. The predicted molar refractivity (Wildman–Crippen MR) is 89.5 cm³/mol. The van der Waals surface area contributed by atoms with E-state index >= 15 is 0 Å². The molecule has 1 aromatic heterocycles. The summed E-state index contributed by atoms with van der Waals surface area (Å²) in [7, 11) is 1.69. The van der Waals surface area contributed by atoms with Gasteiger partial charge in [-0.2, -0.15) is 0 Å². The first-order valence-electron chi connectivity index (χ1n) is 8.72. The van der Waals surface area contributed by atoms with Crippen molar-refractivity contribution in [1.82, 2.24) is 15.2 Å². The quantitative estimate of drug-likeness (QED) is 0.896. The lowest BCUT2D eigenvalue weighted by Gasteiger charge is -2.28. The number of nitrogens with one attached hydrogen (secondary N) is 2. The number of rotatable bonds is 4. The Labute approximate surface area is 137 Å². The van der Waals surface area contributed by atoms with Crippen molar-refractivity contribution >= 4 is 11.8 Å². The first-order chi connectivity index (χ1) is 11.0. The highest BCUT2D eigenvalue weighted by molar-refractivity contribution is 5.96. The molecule has 0 radical (unpaired) electrons. The molecule has 2 saturated carbocycles. The van der Waals surface area contributed by atoms with E-state index in [0.29, 0.717) is 6.04 Å². The number of aromatic nitrogens is 1. The molecule has 5 heteroatoms. The van der Waals surface area contributed by atoms with Gasteiger partial charge in [0.05, 0.1) is 5.56 Å². The zero-order valence-electron chi connectivity index (χ0n) is 14.3. The third-order valence-corrected chi connectivity index (χ3v) is 5.32. The van der Waals surface area contributed by atoms with E-state index in [-0.39, 0.29) is 23.8 Å². The average molecular weight is 317 g/mol. The number of aryl methyl sites for hydroxylation is 1. The normalized spacial score (nSPS) is 24.3. The summed E-state index contributed by atoms with van der Waals surface area (Å²) in [5, 5.41) is 5.89. The molecule has 2 amide bonds. The Morgan fingerprint density at radius 1 is 1.09 bits per heavy atom. The van der Waals surface area contributed by atoms with Crippen molar-refractivity contribution in [1.29, 1.82) is 0 Å². The van der Waals surface area contributed by atoms with Crippen molar-refractivity contribution < 1.29 is 9.59 Å². The van der Waals surface area contributed by atoms with Gasteiger partial charge in [0.2, 0.25) is 5.91 Å². The summed E-state index contributed by atoms with van der Waals surface area (Å²) in [5.41, 5.74) is 3.07. The third-order valence-electron chi connectivity index (χ3n) is 5.32. The fourth-order valence-corrected chi connectivity index (χ4v) is 3.87. The molecule has 126 valence electrons. The highest BCUT2D eigenvalue weighted by atomic mass is 16.2. The molecule has 0 aliphatic heterocycles. The molecule has 2 aliphatic carbocycles. The van der Waals surface area contributed by atoms with Crippen molar-refractivity contribution in [2.75, 3.05) is 7.05 Å². The number of nitrogens with zero attached hydrogens (tertiary/aromatic N) is 1. The Balaban J connectivity index is 1.60. The standard InChI is InChI=1S/C18H27N3O2/c1-11-10-16(12(2)21(11)15-8-9-15)18(23)20-14-6-4-13(5-7-14)17(22)19-3/h10,13-15H,4-9H2,1-3H3,(H,19,22)(H,20,23). The molecule has 0 aromatic carbocycles. The smallest absolute Gasteiger partial charge is 0.253 e. The maximum Gasteiger partial charge on any atom is 0.253 e. The Bertz CT molecular complexity index is 608. The molecular weight excluding hydrogens is 290 g/mol. The van der Waals surface area contributed by atoms with Gasteiger partial charge < -0.3 is 15.2 Å². The molecule has 0 unspecified atom stereocenters. The fraction of sp³-hybridized carbons (Fsp3) is 0.667. The lowest BCUT2D eigenvalue weighted by atomic mass is 9.85. The largest absolute Gasteiger partial charge is 0.359 e. The van der Waals surface area contributed by atoms with Crippen LogP contribution in [0.4, 0.5) is 0 Å². The summed E-state index contributed by atoms with van der Waals surface area (Å²) in [4.78, 5) is 24.3. The molecule has 0 bridgehead atoms.